The number of hydrogen-bond donors (Lipinski definition) is 0. The normalized spacial score (nSPS) is 13.8. The molecular weight excluding hydrogens is 817 g/mol. The average molecular weight is 863 g/mol. The van der Waals surface area contributed by atoms with Gasteiger partial charge in [-0.05, 0) is 153 Å². The van der Waals surface area contributed by atoms with Gasteiger partial charge in [0, 0.05) is 5.92 Å². The SMILES string of the molecule is c1ccc(-c2ccccc2C(c2ccc3c(c2)-c2cc4ccccc4c(-c4cccc5c4Cc4ccccc4-5)c2C3)c2ccc3c(c2)C(c2ccccc2)(c2ccccc2)c2ccccc2-3)cc1. The topological polar surface area (TPSA) is 0 Å². The fourth-order valence-electron chi connectivity index (χ4n) is 12.7. The van der Waals surface area contributed by atoms with Crippen LogP contribution in [0, 0.1) is 0 Å². The first kappa shape index (κ1) is 38.9. The average Bonchev–Trinajstić information content (AvgIpc) is 4.07. The summed E-state index contributed by atoms with van der Waals surface area (Å²) in [4.78, 5) is 0. The highest BCUT2D eigenvalue weighted by Gasteiger charge is 2.46. The zero-order valence-corrected chi connectivity index (χ0v) is 37.7. The van der Waals surface area contributed by atoms with Gasteiger partial charge < -0.3 is 0 Å². The van der Waals surface area contributed by atoms with Crippen LogP contribution in [0.15, 0.2) is 249 Å². The molecule has 0 fully saturated rings. The van der Waals surface area contributed by atoms with Gasteiger partial charge in [0.2, 0.25) is 0 Å². The molecule has 14 rings (SSSR count). The summed E-state index contributed by atoms with van der Waals surface area (Å²) in [5, 5.41) is 2.62. The lowest BCUT2D eigenvalue weighted by molar-refractivity contribution is 0.765. The molecule has 1 unspecified atom stereocenters. The van der Waals surface area contributed by atoms with Crippen molar-refractivity contribution in [1.82, 2.24) is 0 Å². The minimum atomic E-state index is -0.499. The van der Waals surface area contributed by atoms with E-state index in [0.29, 0.717) is 0 Å². The van der Waals surface area contributed by atoms with Gasteiger partial charge >= 0.3 is 0 Å². The Morgan fingerprint density at radius 2 is 0.897 bits per heavy atom. The van der Waals surface area contributed by atoms with Crippen LogP contribution >= 0.6 is 0 Å². The quantitative estimate of drug-likeness (QED) is 0.140. The molecule has 1 atom stereocenters. The van der Waals surface area contributed by atoms with Crippen LogP contribution in [0.3, 0.4) is 0 Å². The summed E-state index contributed by atoms with van der Waals surface area (Å²) in [6, 6.07) is 93.9. The van der Waals surface area contributed by atoms with Crippen LogP contribution < -0.4 is 0 Å². The molecule has 3 aliphatic rings. The largest absolute Gasteiger partial charge is 0.0713 e. The van der Waals surface area contributed by atoms with Crippen molar-refractivity contribution in [3.8, 4) is 55.6 Å². The Hall–Kier alpha value is -8.32. The highest BCUT2D eigenvalue weighted by molar-refractivity contribution is 6.06. The van der Waals surface area contributed by atoms with E-state index in [1.54, 1.807) is 0 Å². The summed E-state index contributed by atoms with van der Waals surface area (Å²) in [7, 11) is 0. The van der Waals surface area contributed by atoms with Crippen LogP contribution in [-0.2, 0) is 18.3 Å². The smallest absolute Gasteiger partial charge is 0.0622 e. The summed E-state index contributed by atoms with van der Waals surface area (Å²) in [6.45, 7) is 0. The maximum Gasteiger partial charge on any atom is 0.0713 e. The van der Waals surface area contributed by atoms with E-state index in [2.05, 4.69) is 249 Å². The molecule has 11 aromatic carbocycles. The molecule has 0 spiro atoms. The second kappa shape index (κ2) is 15.4. The van der Waals surface area contributed by atoms with Crippen LogP contribution in [0.5, 0.6) is 0 Å². The molecule has 0 nitrogen and oxygen atoms in total. The van der Waals surface area contributed by atoms with Gasteiger partial charge in [-0.25, -0.2) is 0 Å². The Bertz CT molecular complexity index is 3740. The second-order valence-electron chi connectivity index (χ2n) is 19.0. The first-order valence-electron chi connectivity index (χ1n) is 24.1. The van der Waals surface area contributed by atoms with Gasteiger partial charge in [0.25, 0.3) is 0 Å². The van der Waals surface area contributed by atoms with Crippen molar-refractivity contribution in [2.24, 2.45) is 0 Å². The van der Waals surface area contributed by atoms with Crippen molar-refractivity contribution in [3.05, 3.63) is 310 Å². The molecule has 0 N–H and O–H groups in total. The fraction of sp³-hybridized carbons (Fsp3) is 0.0588. The third-order valence-corrected chi connectivity index (χ3v) is 15.6. The van der Waals surface area contributed by atoms with Crippen LogP contribution in [0.4, 0.5) is 0 Å². The summed E-state index contributed by atoms with van der Waals surface area (Å²) in [5.41, 5.74) is 27.6. The van der Waals surface area contributed by atoms with E-state index in [1.165, 1.54) is 128 Å². The molecule has 68 heavy (non-hydrogen) atoms. The first-order valence-corrected chi connectivity index (χ1v) is 24.1. The molecule has 0 saturated carbocycles. The maximum absolute atomic E-state index is 2.57. The van der Waals surface area contributed by atoms with E-state index in [9.17, 15) is 0 Å². The van der Waals surface area contributed by atoms with Crippen molar-refractivity contribution >= 4 is 10.8 Å². The summed E-state index contributed by atoms with van der Waals surface area (Å²) in [6.07, 6.45) is 1.86. The third kappa shape index (κ3) is 5.74. The highest BCUT2D eigenvalue weighted by atomic mass is 14.5. The van der Waals surface area contributed by atoms with Crippen LogP contribution in [0.2, 0.25) is 0 Å². The third-order valence-electron chi connectivity index (χ3n) is 15.6. The van der Waals surface area contributed by atoms with Gasteiger partial charge in [0.1, 0.15) is 0 Å². The standard InChI is InChI=1S/C68H46/c1-4-19-44(20-5-1)52-27-14-15-31-58(52)66(49-37-38-57-56-30-16-17-34-64(56)68(65(57)43-49,50-23-6-2-7-24-50)51-25-8-3-9-26-51)48-36-35-47-41-63-62(60(47)42-48)40-46-22-11-13-29-54(46)67(63)59-33-18-32-55-53-28-12-10-21-45(53)39-61(55)59/h1-38,40,42-43,66H,39,41H2. The minimum absolute atomic E-state index is 0.0603. The molecule has 0 heteroatoms. The first-order chi connectivity index (χ1) is 33.7. The van der Waals surface area contributed by atoms with Crippen molar-refractivity contribution < 1.29 is 0 Å². The molecule has 11 aromatic rings. The zero-order chi connectivity index (χ0) is 44.8. The molecule has 0 amide bonds. The summed E-state index contributed by atoms with van der Waals surface area (Å²) in [5.74, 6) is -0.0603. The summed E-state index contributed by atoms with van der Waals surface area (Å²) < 4.78 is 0. The highest BCUT2D eigenvalue weighted by Crippen LogP contribution is 2.57. The van der Waals surface area contributed by atoms with Crippen molar-refractivity contribution in [2.45, 2.75) is 24.2 Å². The predicted octanol–water partition coefficient (Wildman–Crippen LogP) is 16.9. The molecular formula is C68H46. The van der Waals surface area contributed by atoms with E-state index in [1.807, 2.05) is 0 Å². The Kier molecular flexibility index (Phi) is 8.80. The second-order valence-corrected chi connectivity index (χ2v) is 19.0. The van der Waals surface area contributed by atoms with Crippen molar-refractivity contribution in [1.29, 1.82) is 0 Å². The van der Waals surface area contributed by atoms with Gasteiger partial charge in [0.05, 0.1) is 5.41 Å². The molecule has 0 bridgehead atoms. The molecule has 0 saturated heterocycles. The number of fused-ring (bicyclic) bond motifs is 10. The van der Waals surface area contributed by atoms with Gasteiger partial charge in [-0.15, -0.1) is 0 Å². The predicted molar refractivity (Wildman–Crippen MR) is 282 cm³/mol. The Balaban J connectivity index is 1.00. The van der Waals surface area contributed by atoms with E-state index in [4.69, 9.17) is 0 Å². The Morgan fingerprint density at radius 1 is 0.324 bits per heavy atom. The molecule has 318 valence electrons. The lowest BCUT2D eigenvalue weighted by Crippen LogP contribution is -2.28. The van der Waals surface area contributed by atoms with Gasteiger partial charge in [-0.2, -0.15) is 0 Å². The molecule has 0 aliphatic heterocycles. The van der Waals surface area contributed by atoms with Gasteiger partial charge in [-0.1, -0.05) is 237 Å². The van der Waals surface area contributed by atoms with E-state index in [-0.39, 0.29) is 5.92 Å². The number of hydrogen-bond acceptors (Lipinski definition) is 0. The molecule has 3 aliphatic carbocycles. The number of benzene rings is 11. The summed E-state index contributed by atoms with van der Waals surface area (Å²) >= 11 is 0. The fourth-order valence-corrected chi connectivity index (χ4v) is 12.7. The van der Waals surface area contributed by atoms with E-state index < -0.39 is 5.41 Å². The molecule has 0 radical (unpaired) electrons. The Morgan fingerprint density at radius 3 is 1.71 bits per heavy atom. The maximum atomic E-state index is 2.57. The molecule has 0 heterocycles. The number of rotatable bonds is 7. The zero-order valence-electron chi connectivity index (χ0n) is 37.7. The van der Waals surface area contributed by atoms with E-state index in [0.717, 1.165) is 12.8 Å². The minimum Gasteiger partial charge on any atom is -0.0622 e. The molecule has 0 aromatic heterocycles. The Labute approximate surface area is 398 Å². The van der Waals surface area contributed by atoms with Gasteiger partial charge in [0.15, 0.2) is 0 Å². The van der Waals surface area contributed by atoms with E-state index >= 15 is 0 Å². The van der Waals surface area contributed by atoms with Crippen LogP contribution in [-0.4, -0.2) is 0 Å². The lowest BCUT2D eigenvalue weighted by atomic mass is 9.67. The van der Waals surface area contributed by atoms with Gasteiger partial charge in [-0.3, -0.25) is 0 Å². The van der Waals surface area contributed by atoms with Crippen LogP contribution in [0.25, 0.3) is 66.4 Å². The van der Waals surface area contributed by atoms with Crippen LogP contribution in [0.1, 0.15) is 67.1 Å². The monoisotopic (exact) mass is 862 g/mol. The lowest BCUT2D eigenvalue weighted by Gasteiger charge is -2.34. The van der Waals surface area contributed by atoms with Crippen molar-refractivity contribution in [2.75, 3.05) is 0 Å². The van der Waals surface area contributed by atoms with Crippen molar-refractivity contribution in [3.63, 3.8) is 0 Å².